The van der Waals surface area contributed by atoms with Crippen LogP contribution in [0.2, 0.25) is 0 Å². The van der Waals surface area contributed by atoms with Crippen LogP contribution < -0.4 is 5.32 Å². The van der Waals surface area contributed by atoms with E-state index in [-0.39, 0.29) is 5.60 Å². The summed E-state index contributed by atoms with van der Waals surface area (Å²) in [6, 6.07) is 0. The molecule has 1 saturated carbocycles. The van der Waals surface area contributed by atoms with E-state index in [0.29, 0.717) is 11.3 Å². The molecule has 4 nitrogen and oxygen atoms in total. The van der Waals surface area contributed by atoms with Gasteiger partial charge in [0.15, 0.2) is 0 Å². The Morgan fingerprint density at radius 2 is 2.19 bits per heavy atom. The predicted molar refractivity (Wildman–Crippen MR) is 84.4 cm³/mol. The minimum absolute atomic E-state index is 0.292. The minimum Gasteiger partial charge on any atom is -0.390 e. The highest BCUT2D eigenvalue weighted by molar-refractivity contribution is 4.98. The largest absolute Gasteiger partial charge is 0.390 e. The van der Waals surface area contributed by atoms with Crippen LogP contribution in [0.15, 0.2) is 0 Å². The van der Waals surface area contributed by atoms with Gasteiger partial charge in [-0.05, 0) is 32.2 Å². The number of nitrogens with zero attached hydrogens (tertiary/aromatic N) is 1. The molecule has 0 bridgehead atoms. The number of aliphatic hydroxyl groups is 1. The average Bonchev–Trinajstić information content (AvgIpc) is 2.94. The fourth-order valence-electron chi connectivity index (χ4n) is 4.62. The summed E-state index contributed by atoms with van der Waals surface area (Å²) in [5, 5.41) is 14.3. The van der Waals surface area contributed by atoms with Gasteiger partial charge in [0.25, 0.3) is 0 Å². The van der Waals surface area contributed by atoms with Crippen molar-refractivity contribution in [3.8, 4) is 0 Å². The molecular weight excluding hydrogens is 264 g/mol. The standard InChI is InChI=1S/C17H32N2O2/c1-2-18-12-16(8-10-21-14-16)13-19-9-7-17(20)6-4-3-5-15(17)11-19/h15,18,20H,2-14H2,1H3. The van der Waals surface area contributed by atoms with E-state index in [1.165, 1.54) is 25.7 Å². The summed E-state index contributed by atoms with van der Waals surface area (Å²) < 4.78 is 5.71. The number of hydrogen-bond acceptors (Lipinski definition) is 4. The van der Waals surface area contributed by atoms with E-state index in [4.69, 9.17) is 4.74 Å². The fourth-order valence-corrected chi connectivity index (χ4v) is 4.62. The lowest BCUT2D eigenvalue weighted by atomic mass is 9.71. The van der Waals surface area contributed by atoms with E-state index < -0.39 is 0 Å². The maximum atomic E-state index is 10.8. The van der Waals surface area contributed by atoms with Crippen molar-refractivity contribution in [2.75, 3.05) is 45.9 Å². The lowest BCUT2D eigenvalue weighted by Crippen LogP contribution is -2.56. The highest BCUT2D eigenvalue weighted by atomic mass is 16.5. The summed E-state index contributed by atoms with van der Waals surface area (Å²) in [5.74, 6) is 0.499. The van der Waals surface area contributed by atoms with Gasteiger partial charge in [0.2, 0.25) is 0 Å². The molecule has 0 aromatic carbocycles. The zero-order valence-electron chi connectivity index (χ0n) is 13.6. The molecule has 2 heterocycles. The van der Waals surface area contributed by atoms with E-state index in [2.05, 4.69) is 17.1 Å². The molecule has 3 fully saturated rings. The molecule has 0 aromatic rings. The second-order valence-corrected chi connectivity index (χ2v) is 7.61. The van der Waals surface area contributed by atoms with E-state index >= 15 is 0 Å². The first-order valence-corrected chi connectivity index (χ1v) is 8.89. The van der Waals surface area contributed by atoms with Crippen LogP contribution in [0.3, 0.4) is 0 Å². The Balaban J connectivity index is 1.59. The first kappa shape index (κ1) is 15.7. The van der Waals surface area contributed by atoms with Gasteiger partial charge in [-0.2, -0.15) is 0 Å². The number of hydrogen-bond donors (Lipinski definition) is 2. The van der Waals surface area contributed by atoms with E-state index in [1.54, 1.807) is 0 Å². The highest BCUT2D eigenvalue weighted by Crippen LogP contribution is 2.41. The van der Waals surface area contributed by atoms with E-state index in [9.17, 15) is 5.11 Å². The summed E-state index contributed by atoms with van der Waals surface area (Å²) in [6.07, 6.45) is 6.89. The van der Waals surface area contributed by atoms with E-state index in [1.807, 2.05) is 0 Å². The Morgan fingerprint density at radius 3 is 2.95 bits per heavy atom. The number of nitrogens with one attached hydrogen (secondary N) is 1. The molecule has 3 unspecified atom stereocenters. The summed E-state index contributed by atoms with van der Waals surface area (Å²) in [7, 11) is 0. The van der Waals surface area contributed by atoms with Crippen LogP contribution in [0.5, 0.6) is 0 Å². The van der Waals surface area contributed by atoms with Crippen molar-refractivity contribution in [3.63, 3.8) is 0 Å². The van der Waals surface area contributed by atoms with Crippen molar-refractivity contribution in [1.29, 1.82) is 0 Å². The Bertz CT molecular complexity index is 344. The molecule has 3 aliphatic rings. The molecule has 4 heteroatoms. The lowest BCUT2D eigenvalue weighted by Gasteiger charge is -2.49. The van der Waals surface area contributed by atoms with Crippen LogP contribution >= 0.6 is 0 Å². The normalized spacial score (nSPS) is 41.1. The lowest BCUT2D eigenvalue weighted by molar-refractivity contribution is -0.101. The molecule has 0 amide bonds. The fraction of sp³-hybridized carbons (Fsp3) is 1.00. The molecule has 21 heavy (non-hydrogen) atoms. The number of fused-ring (bicyclic) bond motifs is 1. The Kier molecular flexibility index (Phi) is 4.89. The second kappa shape index (κ2) is 6.53. The molecule has 0 aromatic heterocycles. The topological polar surface area (TPSA) is 44.7 Å². The van der Waals surface area contributed by atoms with Crippen molar-refractivity contribution < 1.29 is 9.84 Å². The molecule has 2 N–H and O–H groups in total. The van der Waals surface area contributed by atoms with Gasteiger partial charge >= 0.3 is 0 Å². The van der Waals surface area contributed by atoms with Crippen LogP contribution in [0.4, 0.5) is 0 Å². The number of likely N-dealkylation sites (tertiary alicyclic amines) is 1. The van der Waals surface area contributed by atoms with Crippen LogP contribution in [0.25, 0.3) is 0 Å². The summed E-state index contributed by atoms with van der Waals surface area (Å²) in [6.45, 7) is 9.35. The zero-order valence-corrected chi connectivity index (χ0v) is 13.6. The number of ether oxygens (including phenoxy) is 1. The minimum atomic E-state index is -0.351. The Labute approximate surface area is 129 Å². The first-order valence-electron chi connectivity index (χ1n) is 8.89. The average molecular weight is 296 g/mol. The SMILES string of the molecule is CCNCC1(CN2CCC3(O)CCCCC3C2)CCOC1. The molecule has 1 aliphatic carbocycles. The van der Waals surface area contributed by atoms with Gasteiger partial charge in [-0.25, -0.2) is 0 Å². The van der Waals surface area contributed by atoms with Gasteiger partial charge in [0, 0.05) is 44.1 Å². The summed E-state index contributed by atoms with van der Waals surface area (Å²) in [4.78, 5) is 2.61. The van der Waals surface area contributed by atoms with Crippen LogP contribution in [-0.4, -0.2) is 61.5 Å². The molecule has 3 rings (SSSR count). The molecule has 0 spiro atoms. The molecule has 0 radical (unpaired) electrons. The Hall–Kier alpha value is -0.160. The second-order valence-electron chi connectivity index (χ2n) is 7.61. The molecule has 2 saturated heterocycles. The highest BCUT2D eigenvalue weighted by Gasteiger charge is 2.45. The molecule has 3 atom stereocenters. The van der Waals surface area contributed by atoms with Crippen molar-refractivity contribution >= 4 is 0 Å². The van der Waals surface area contributed by atoms with Gasteiger partial charge in [0.05, 0.1) is 12.2 Å². The maximum absolute atomic E-state index is 10.8. The Morgan fingerprint density at radius 1 is 1.29 bits per heavy atom. The first-order chi connectivity index (χ1) is 10.2. The smallest absolute Gasteiger partial charge is 0.0700 e. The third kappa shape index (κ3) is 3.44. The predicted octanol–water partition coefficient (Wildman–Crippen LogP) is 1.63. The molecular formula is C17H32N2O2. The van der Waals surface area contributed by atoms with Gasteiger partial charge in [-0.1, -0.05) is 19.8 Å². The third-order valence-corrected chi connectivity index (χ3v) is 6.01. The van der Waals surface area contributed by atoms with Crippen molar-refractivity contribution in [2.24, 2.45) is 11.3 Å². The number of rotatable bonds is 5. The zero-order chi connectivity index (χ0) is 14.8. The summed E-state index contributed by atoms with van der Waals surface area (Å²) >= 11 is 0. The van der Waals surface area contributed by atoms with Gasteiger partial charge in [-0.3, -0.25) is 0 Å². The van der Waals surface area contributed by atoms with Crippen LogP contribution in [0.1, 0.15) is 45.4 Å². The van der Waals surface area contributed by atoms with Gasteiger partial charge < -0.3 is 20.1 Å². The third-order valence-electron chi connectivity index (χ3n) is 6.01. The van der Waals surface area contributed by atoms with Gasteiger partial charge in [0.1, 0.15) is 0 Å². The molecule has 122 valence electrons. The van der Waals surface area contributed by atoms with Crippen LogP contribution in [0, 0.1) is 11.3 Å². The van der Waals surface area contributed by atoms with Crippen molar-refractivity contribution in [3.05, 3.63) is 0 Å². The van der Waals surface area contributed by atoms with Gasteiger partial charge in [-0.15, -0.1) is 0 Å². The quantitative estimate of drug-likeness (QED) is 0.809. The van der Waals surface area contributed by atoms with Crippen LogP contribution in [-0.2, 0) is 4.74 Å². The maximum Gasteiger partial charge on any atom is 0.0700 e. The van der Waals surface area contributed by atoms with Crippen molar-refractivity contribution in [1.82, 2.24) is 10.2 Å². The van der Waals surface area contributed by atoms with E-state index in [0.717, 1.165) is 58.8 Å². The van der Waals surface area contributed by atoms with Crippen molar-refractivity contribution in [2.45, 2.75) is 51.0 Å². The molecule has 2 aliphatic heterocycles. The monoisotopic (exact) mass is 296 g/mol. The summed E-state index contributed by atoms with van der Waals surface area (Å²) in [5.41, 5.74) is -0.0596. The number of piperidine rings is 1.